The van der Waals surface area contributed by atoms with Crippen molar-refractivity contribution in [1.29, 1.82) is 0 Å². The van der Waals surface area contributed by atoms with Crippen LogP contribution in [0.25, 0.3) is 0 Å². The first-order valence-electron chi connectivity index (χ1n) is 8.04. The molecule has 2 fully saturated rings. The second kappa shape index (κ2) is 7.05. The van der Waals surface area contributed by atoms with Gasteiger partial charge in [0.2, 0.25) is 0 Å². The lowest BCUT2D eigenvalue weighted by atomic mass is 9.74. The molecule has 0 bridgehead atoms. The van der Waals surface area contributed by atoms with Crippen LogP contribution in [-0.4, -0.2) is 36.6 Å². The van der Waals surface area contributed by atoms with E-state index in [9.17, 15) is 10.2 Å². The quantitative estimate of drug-likeness (QED) is 0.780. The fourth-order valence-corrected chi connectivity index (χ4v) is 3.78. The molecule has 2 N–H and O–H groups in total. The maximum Gasteiger partial charge on any atom is 0.0544 e. The van der Waals surface area contributed by atoms with E-state index in [-0.39, 0.29) is 24.0 Å². The Morgan fingerprint density at radius 3 is 1.32 bits per heavy atom. The molecule has 0 amide bonds. The minimum atomic E-state index is 0.00353. The Morgan fingerprint density at radius 2 is 1.00 bits per heavy atom. The van der Waals surface area contributed by atoms with Crippen molar-refractivity contribution in [2.24, 2.45) is 10.8 Å². The standard InChI is InChI=1S/C16H30O3/c17-11-15(7-3-1-4-8-15)13-19-14-16(12-18)9-5-2-6-10-16/h17-18H,1-14H2. The first-order chi connectivity index (χ1) is 9.24. The Bertz CT molecular complexity index is 227. The summed E-state index contributed by atoms with van der Waals surface area (Å²) < 4.78 is 5.98. The van der Waals surface area contributed by atoms with Crippen LogP contribution in [0, 0.1) is 10.8 Å². The van der Waals surface area contributed by atoms with Crippen molar-refractivity contribution in [1.82, 2.24) is 0 Å². The zero-order valence-electron chi connectivity index (χ0n) is 12.2. The van der Waals surface area contributed by atoms with Gasteiger partial charge in [0.1, 0.15) is 0 Å². The van der Waals surface area contributed by atoms with E-state index in [0.29, 0.717) is 13.2 Å². The van der Waals surface area contributed by atoms with Crippen molar-refractivity contribution in [3.8, 4) is 0 Å². The van der Waals surface area contributed by atoms with E-state index in [1.165, 1.54) is 38.5 Å². The molecule has 3 heteroatoms. The molecule has 0 saturated heterocycles. The van der Waals surface area contributed by atoms with Gasteiger partial charge in [-0.3, -0.25) is 0 Å². The molecule has 0 unspecified atom stereocenters. The zero-order valence-corrected chi connectivity index (χ0v) is 12.2. The summed E-state index contributed by atoms with van der Waals surface area (Å²) in [4.78, 5) is 0. The van der Waals surface area contributed by atoms with Gasteiger partial charge in [0.25, 0.3) is 0 Å². The van der Waals surface area contributed by atoms with Crippen LogP contribution in [-0.2, 0) is 4.74 Å². The van der Waals surface area contributed by atoms with E-state index in [1.807, 2.05) is 0 Å². The molecule has 0 spiro atoms. The lowest BCUT2D eigenvalue weighted by Gasteiger charge is -2.39. The number of hydrogen-bond acceptors (Lipinski definition) is 3. The number of hydrogen-bond donors (Lipinski definition) is 2. The largest absolute Gasteiger partial charge is 0.396 e. The third-order valence-electron chi connectivity index (χ3n) is 5.32. The smallest absolute Gasteiger partial charge is 0.0544 e. The van der Waals surface area contributed by atoms with Gasteiger partial charge in [-0.15, -0.1) is 0 Å². The number of rotatable bonds is 6. The Hall–Kier alpha value is -0.120. The van der Waals surface area contributed by atoms with E-state index >= 15 is 0 Å². The molecule has 0 atom stereocenters. The summed E-state index contributed by atoms with van der Waals surface area (Å²) in [7, 11) is 0. The van der Waals surface area contributed by atoms with Crippen LogP contribution in [0.3, 0.4) is 0 Å². The predicted molar refractivity (Wildman–Crippen MR) is 76.0 cm³/mol. The van der Waals surface area contributed by atoms with Gasteiger partial charge in [0.05, 0.1) is 26.4 Å². The summed E-state index contributed by atoms with van der Waals surface area (Å²) in [6, 6.07) is 0. The lowest BCUT2D eigenvalue weighted by molar-refractivity contribution is -0.0672. The van der Waals surface area contributed by atoms with Crippen LogP contribution < -0.4 is 0 Å². The zero-order chi connectivity index (χ0) is 13.6. The fraction of sp³-hybridized carbons (Fsp3) is 1.00. The molecule has 2 aliphatic rings. The average molecular weight is 270 g/mol. The fourth-order valence-electron chi connectivity index (χ4n) is 3.78. The monoisotopic (exact) mass is 270 g/mol. The Labute approximate surface area is 117 Å². The summed E-state index contributed by atoms with van der Waals surface area (Å²) in [5, 5.41) is 19.3. The van der Waals surface area contributed by atoms with Gasteiger partial charge in [-0.25, -0.2) is 0 Å². The summed E-state index contributed by atoms with van der Waals surface area (Å²) in [6.07, 6.45) is 11.8. The Morgan fingerprint density at radius 1 is 0.632 bits per heavy atom. The first-order valence-corrected chi connectivity index (χ1v) is 8.04. The maximum absolute atomic E-state index is 9.67. The molecule has 0 radical (unpaired) electrons. The van der Waals surface area contributed by atoms with E-state index in [1.54, 1.807) is 0 Å². The molecule has 0 heterocycles. The predicted octanol–water partition coefficient (Wildman–Crippen LogP) is 2.89. The van der Waals surface area contributed by atoms with E-state index in [0.717, 1.165) is 25.7 Å². The third-order valence-corrected chi connectivity index (χ3v) is 5.32. The van der Waals surface area contributed by atoms with Gasteiger partial charge in [-0.05, 0) is 25.7 Å². The average Bonchev–Trinajstić information content (AvgIpc) is 2.49. The van der Waals surface area contributed by atoms with Crippen LogP contribution in [0.5, 0.6) is 0 Å². The SMILES string of the molecule is OCC1(COCC2(CO)CCCCC2)CCCCC1. The molecule has 2 aliphatic carbocycles. The van der Waals surface area contributed by atoms with Gasteiger partial charge in [0.15, 0.2) is 0 Å². The van der Waals surface area contributed by atoms with Crippen LogP contribution in [0.15, 0.2) is 0 Å². The first kappa shape index (κ1) is 15.3. The third kappa shape index (κ3) is 3.93. The second-order valence-corrected chi connectivity index (χ2v) is 6.93. The van der Waals surface area contributed by atoms with Crippen molar-refractivity contribution < 1.29 is 14.9 Å². The number of aliphatic hydroxyl groups is 2. The molecule has 112 valence electrons. The number of ether oxygens (including phenoxy) is 1. The molecule has 3 nitrogen and oxygen atoms in total. The van der Waals surface area contributed by atoms with Gasteiger partial charge in [-0.2, -0.15) is 0 Å². The highest BCUT2D eigenvalue weighted by Gasteiger charge is 2.35. The van der Waals surface area contributed by atoms with Crippen LogP contribution in [0.4, 0.5) is 0 Å². The highest BCUT2D eigenvalue weighted by atomic mass is 16.5. The topological polar surface area (TPSA) is 49.7 Å². The summed E-state index contributed by atoms with van der Waals surface area (Å²) in [6.45, 7) is 1.84. The van der Waals surface area contributed by atoms with Crippen molar-refractivity contribution in [2.75, 3.05) is 26.4 Å². The molecular weight excluding hydrogens is 240 g/mol. The molecule has 19 heavy (non-hydrogen) atoms. The van der Waals surface area contributed by atoms with Crippen LogP contribution in [0.2, 0.25) is 0 Å². The lowest BCUT2D eigenvalue weighted by Crippen LogP contribution is -2.38. The second-order valence-electron chi connectivity index (χ2n) is 6.93. The molecule has 0 aliphatic heterocycles. The molecule has 0 aromatic rings. The maximum atomic E-state index is 9.67. The molecular formula is C16H30O3. The van der Waals surface area contributed by atoms with Crippen molar-refractivity contribution in [2.45, 2.75) is 64.2 Å². The van der Waals surface area contributed by atoms with Crippen molar-refractivity contribution in [3.05, 3.63) is 0 Å². The Kier molecular flexibility index (Phi) is 5.67. The van der Waals surface area contributed by atoms with E-state index < -0.39 is 0 Å². The normalized spacial score (nSPS) is 26.2. The molecule has 2 rings (SSSR count). The minimum Gasteiger partial charge on any atom is -0.396 e. The molecule has 0 aromatic heterocycles. The van der Waals surface area contributed by atoms with Gasteiger partial charge in [0, 0.05) is 10.8 Å². The van der Waals surface area contributed by atoms with E-state index in [2.05, 4.69) is 0 Å². The highest BCUT2D eigenvalue weighted by Crippen LogP contribution is 2.39. The van der Waals surface area contributed by atoms with Gasteiger partial charge >= 0.3 is 0 Å². The van der Waals surface area contributed by atoms with Crippen molar-refractivity contribution >= 4 is 0 Å². The van der Waals surface area contributed by atoms with E-state index in [4.69, 9.17) is 4.74 Å². The molecule has 0 aromatic carbocycles. The molecule has 2 saturated carbocycles. The highest BCUT2D eigenvalue weighted by molar-refractivity contribution is 4.85. The van der Waals surface area contributed by atoms with Gasteiger partial charge < -0.3 is 14.9 Å². The Balaban J connectivity index is 1.80. The number of aliphatic hydroxyl groups excluding tert-OH is 2. The minimum absolute atomic E-state index is 0.00353. The van der Waals surface area contributed by atoms with Crippen LogP contribution >= 0.6 is 0 Å². The van der Waals surface area contributed by atoms with Crippen molar-refractivity contribution in [3.63, 3.8) is 0 Å². The summed E-state index contributed by atoms with van der Waals surface area (Å²) in [5.41, 5.74) is 0.00707. The summed E-state index contributed by atoms with van der Waals surface area (Å²) >= 11 is 0. The van der Waals surface area contributed by atoms with Gasteiger partial charge in [-0.1, -0.05) is 38.5 Å². The van der Waals surface area contributed by atoms with Crippen LogP contribution in [0.1, 0.15) is 64.2 Å². The summed E-state index contributed by atoms with van der Waals surface area (Å²) in [5.74, 6) is 0.